The molecule has 1 N–H and O–H groups in total. The van der Waals surface area contributed by atoms with Gasteiger partial charge in [0, 0.05) is 26.7 Å². The minimum Gasteiger partial charge on any atom is -0.465 e. The van der Waals surface area contributed by atoms with E-state index in [1.807, 2.05) is 6.92 Å². The van der Waals surface area contributed by atoms with Crippen LogP contribution >= 0.6 is 0 Å². The third-order valence-corrected chi connectivity index (χ3v) is 3.59. The molecule has 0 amide bonds. The molecule has 5 nitrogen and oxygen atoms in total. The summed E-state index contributed by atoms with van der Waals surface area (Å²) >= 11 is 0. The molecule has 0 bridgehead atoms. The second-order valence-corrected chi connectivity index (χ2v) is 4.66. The van der Waals surface area contributed by atoms with Crippen LogP contribution in [0.5, 0.6) is 0 Å². The molecule has 0 spiro atoms. The predicted octanol–water partition coefficient (Wildman–Crippen LogP) is 0.640. The summed E-state index contributed by atoms with van der Waals surface area (Å²) in [4.78, 5) is 14.5. The van der Waals surface area contributed by atoms with Gasteiger partial charge < -0.3 is 14.4 Å². The Balaban J connectivity index is 2.60. The fourth-order valence-corrected chi connectivity index (χ4v) is 2.37. The molecule has 1 saturated heterocycles. The van der Waals surface area contributed by atoms with Crippen molar-refractivity contribution in [1.29, 1.82) is 0 Å². The maximum absolute atomic E-state index is 12.2. The van der Waals surface area contributed by atoms with Crippen molar-refractivity contribution >= 4 is 5.97 Å². The monoisotopic (exact) mass is 258 g/mol. The molecule has 0 atom stereocenters. The van der Waals surface area contributed by atoms with Gasteiger partial charge in [-0.3, -0.25) is 10.1 Å². The number of hydrogen-bond acceptors (Lipinski definition) is 5. The second kappa shape index (κ2) is 7.71. The van der Waals surface area contributed by atoms with Gasteiger partial charge in [-0.25, -0.2) is 0 Å². The molecule has 0 aromatic rings. The molecule has 1 rings (SSSR count). The summed E-state index contributed by atoms with van der Waals surface area (Å²) < 4.78 is 10.3. The van der Waals surface area contributed by atoms with E-state index < -0.39 is 5.54 Å². The SMILES string of the molecule is CCOC(=O)C1(NCCOC)CCN(CC)CC1. The Bertz CT molecular complexity index is 245. The summed E-state index contributed by atoms with van der Waals surface area (Å²) in [5.41, 5.74) is -0.514. The highest BCUT2D eigenvalue weighted by Crippen LogP contribution is 2.23. The van der Waals surface area contributed by atoms with Gasteiger partial charge in [0.1, 0.15) is 5.54 Å². The highest BCUT2D eigenvalue weighted by Gasteiger charge is 2.41. The number of esters is 1. The van der Waals surface area contributed by atoms with E-state index in [-0.39, 0.29) is 5.97 Å². The van der Waals surface area contributed by atoms with E-state index in [4.69, 9.17) is 9.47 Å². The lowest BCUT2D eigenvalue weighted by atomic mass is 9.87. The van der Waals surface area contributed by atoms with Gasteiger partial charge in [0.25, 0.3) is 0 Å². The highest BCUT2D eigenvalue weighted by atomic mass is 16.5. The average molecular weight is 258 g/mol. The molecule has 1 aliphatic rings. The average Bonchev–Trinajstić information content (AvgIpc) is 2.40. The Morgan fingerprint density at radius 2 is 2.00 bits per heavy atom. The van der Waals surface area contributed by atoms with Gasteiger partial charge in [-0.1, -0.05) is 6.92 Å². The van der Waals surface area contributed by atoms with E-state index in [0.29, 0.717) is 19.8 Å². The molecular formula is C13H26N2O3. The van der Waals surface area contributed by atoms with E-state index in [2.05, 4.69) is 17.1 Å². The van der Waals surface area contributed by atoms with Crippen LogP contribution in [0, 0.1) is 0 Å². The molecule has 1 heterocycles. The summed E-state index contributed by atoms with van der Waals surface area (Å²) in [5.74, 6) is -0.114. The lowest BCUT2D eigenvalue weighted by Gasteiger charge is -2.40. The molecule has 106 valence electrons. The van der Waals surface area contributed by atoms with E-state index in [1.165, 1.54) is 0 Å². The smallest absolute Gasteiger partial charge is 0.326 e. The lowest BCUT2D eigenvalue weighted by molar-refractivity contribution is -0.153. The van der Waals surface area contributed by atoms with Crippen molar-refractivity contribution in [2.24, 2.45) is 0 Å². The molecule has 18 heavy (non-hydrogen) atoms. The van der Waals surface area contributed by atoms with Crippen molar-refractivity contribution < 1.29 is 14.3 Å². The van der Waals surface area contributed by atoms with Gasteiger partial charge in [-0.2, -0.15) is 0 Å². The Morgan fingerprint density at radius 3 is 2.50 bits per heavy atom. The standard InChI is InChI=1S/C13H26N2O3/c1-4-15-9-6-13(7-10-15,12(16)18-5-2)14-8-11-17-3/h14H,4-11H2,1-3H3. The largest absolute Gasteiger partial charge is 0.465 e. The van der Waals surface area contributed by atoms with Crippen LogP contribution in [0.1, 0.15) is 26.7 Å². The molecule has 0 unspecified atom stereocenters. The van der Waals surface area contributed by atoms with Crippen LogP contribution in [-0.2, 0) is 14.3 Å². The third-order valence-electron chi connectivity index (χ3n) is 3.59. The first kappa shape index (κ1) is 15.4. The number of likely N-dealkylation sites (tertiary alicyclic amines) is 1. The third kappa shape index (κ3) is 3.93. The number of nitrogens with one attached hydrogen (secondary N) is 1. The summed E-state index contributed by atoms with van der Waals surface area (Å²) in [6, 6.07) is 0. The van der Waals surface area contributed by atoms with E-state index >= 15 is 0 Å². The van der Waals surface area contributed by atoms with Crippen LogP contribution in [0.2, 0.25) is 0 Å². The fourth-order valence-electron chi connectivity index (χ4n) is 2.37. The molecule has 0 aromatic heterocycles. The van der Waals surface area contributed by atoms with Gasteiger partial charge in [0.2, 0.25) is 0 Å². The number of ether oxygens (including phenoxy) is 2. The van der Waals surface area contributed by atoms with Crippen molar-refractivity contribution in [3.63, 3.8) is 0 Å². The maximum atomic E-state index is 12.2. The summed E-state index contributed by atoms with van der Waals surface area (Å²) in [5, 5.41) is 3.34. The first-order valence-corrected chi connectivity index (χ1v) is 6.82. The second-order valence-electron chi connectivity index (χ2n) is 4.66. The van der Waals surface area contributed by atoms with Gasteiger partial charge in [-0.15, -0.1) is 0 Å². The van der Waals surface area contributed by atoms with Crippen molar-refractivity contribution in [2.45, 2.75) is 32.2 Å². The number of piperidine rings is 1. The molecule has 1 aliphatic heterocycles. The quantitative estimate of drug-likeness (QED) is 0.536. The van der Waals surface area contributed by atoms with Crippen LogP contribution in [0.3, 0.4) is 0 Å². The fraction of sp³-hybridized carbons (Fsp3) is 0.923. The van der Waals surface area contributed by atoms with Crippen LogP contribution in [0.4, 0.5) is 0 Å². The molecule has 0 saturated carbocycles. The van der Waals surface area contributed by atoms with Gasteiger partial charge >= 0.3 is 5.97 Å². The molecule has 0 radical (unpaired) electrons. The van der Waals surface area contributed by atoms with E-state index in [0.717, 1.165) is 32.5 Å². The van der Waals surface area contributed by atoms with Crippen LogP contribution in [0.25, 0.3) is 0 Å². The first-order chi connectivity index (χ1) is 8.68. The summed E-state index contributed by atoms with van der Waals surface area (Å²) in [7, 11) is 1.67. The first-order valence-electron chi connectivity index (χ1n) is 6.82. The molecule has 0 aromatic carbocycles. The van der Waals surface area contributed by atoms with Crippen molar-refractivity contribution in [1.82, 2.24) is 10.2 Å². The molecular weight excluding hydrogens is 232 g/mol. The number of methoxy groups -OCH3 is 1. The molecule has 5 heteroatoms. The number of rotatable bonds is 7. The van der Waals surface area contributed by atoms with Crippen molar-refractivity contribution in [3.05, 3.63) is 0 Å². The number of carbonyl (C=O) groups is 1. The summed E-state index contributed by atoms with van der Waals surface area (Å²) in [6.07, 6.45) is 1.62. The number of carbonyl (C=O) groups excluding carboxylic acids is 1. The molecule has 0 aliphatic carbocycles. The minimum absolute atomic E-state index is 0.114. The minimum atomic E-state index is -0.514. The number of nitrogens with zero attached hydrogens (tertiary/aromatic N) is 1. The van der Waals surface area contributed by atoms with Gasteiger partial charge in [-0.05, 0) is 26.3 Å². The van der Waals surface area contributed by atoms with Crippen molar-refractivity contribution in [3.8, 4) is 0 Å². The zero-order valence-corrected chi connectivity index (χ0v) is 11.8. The normalized spacial score (nSPS) is 19.7. The van der Waals surface area contributed by atoms with E-state index in [1.54, 1.807) is 7.11 Å². The number of hydrogen-bond donors (Lipinski definition) is 1. The zero-order valence-electron chi connectivity index (χ0n) is 11.8. The van der Waals surface area contributed by atoms with Crippen LogP contribution in [-0.4, -0.2) is 62.9 Å². The Kier molecular flexibility index (Phi) is 6.60. The van der Waals surface area contributed by atoms with Crippen LogP contribution in [0.15, 0.2) is 0 Å². The van der Waals surface area contributed by atoms with E-state index in [9.17, 15) is 4.79 Å². The predicted molar refractivity (Wildman–Crippen MR) is 70.6 cm³/mol. The highest BCUT2D eigenvalue weighted by molar-refractivity contribution is 5.81. The summed E-state index contributed by atoms with van der Waals surface area (Å²) in [6.45, 7) is 8.64. The lowest BCUT2D eigenvalue weighted by Crippen LogP contribution is -2.59. The maximum Gasteiger partial charge on any atom is 0.326 e. The Morgan fingerprint density at radius 1 is 1.33 bits per heavy atom. The zero-order chi connectivity index (χ0) is 13.4. The topological polar surface area (TPSA) is 50.8 Å². The Labute approximate surface area is 110 Å². The van der Waals surface area contributed by atoms with Gasteiger partial charge in [0.15, 0.2) is 0 Å². The Hall–Kier alpha value is -0.650. The molecule has 1 fully saturated rings. The van der Waals surface area contributed by atoms with Crippen LogP contribution < -0.4 is 5.32 Å². The van der Waals surface area contributed by atoms with Gasteiger partial charge in [0.05, 0.1) is 13.2 Å². The van der Waals surface area contributed by atoms with Crippen molar-refractivity contribution in [2.75, 3.05) is 46.5 Å².